The van der Waals surface area contributed by atoms with Crippen molar-refractivity contribution >= 4 is 17.5 Å². The van der Waals surface area contributed by atoms with Gasteiger partial charge >= 0.3 is 12.0 Å². The fraction of sp³-hybridized carbons (Fsp3) is 0.308. The van der Waals surface area contributed by atoms with Crippen molar-refractivity contribution < 1.29 is 9.47 Å². The summed E-state index contributed by atoms with van der Waals surface area (Å²) in [5, 5.41) is 0.561. The molecule has 0 aliphatic rings. The minimum absolute atomic E-state index is 0.0327. The molecule has 0 unspecified atom stereocenters. The Kier molecular flexibility index (Phi) is 4.24. The molecule has 20 heavy (non-hydrogen) atoms. The Balaban J connectivity index is 2.28. The van der Waals surface area contributed by atoms with Gasteiger partial charge in [0, 0.05) is 5.02 Å². The summed E-state index contributed by atoms with van der Waals surface area (Å²) in [6.45, 7) is 5.62. The SMILES string of the molecule is Cc1ccc(Cl)cc1Oc1nc(N)nc(OC(C)C)n1. The van der Waals surface area contributed by atoms with E-state index in [4.69, 9.17) is 26.8 Å². The molecule has 0 atom stereocenters. The van der Waals surface area contributed by atoms with Crippen LogP contribution in [0.25, 0.3) is 0 Å². The lowest BCUT2D eigenvalue weighted by Gasteiger charge is -2.10. The molecule has 2 N–H and O–H groups in total. The van der Waals surface area contributed by atoms with Crippen LogP contribution in [-0.2, 0) is 0 Å². The zero-order chi connectivity index (χ0) is 14.7. The van der Waals surface area contributed by atoms with E-state index in [1.807, 2.05) is 26.8 Å². The molecule has 0 radical (unpaired) electrons. The molecule has 0 bridgehead atoms. The molecule has 0 spiro atoms. The Hall–Kier alpha value is -2.08. The van der Waals surface area contributed by atoms with Crippen LogP contribution in [-0.4, -0.2) is 21.1 Å². The summed E-state index contributed by atoms with van der Waals surface area (Å²) in [5.41, 5.74) is 6.51. The first-order valence-electron chi connectivity index (χ1n) is 6.06. The third-order valence-electron chi connectivity index (χ3n) is 2.30. The quantitative estimate of drug-likeness (QED) is 0.933. The van der Waals surface area contributed by atoms with Gasteiger partial charge in [-0.15, -0.1) is 4.98 Å². The zero-order valence-electron chi connectivity index (χ0n) is 11.4. The predicted molar refractivity (Wildman–Crippen MR) is 76.3 cm³/mol. The number of halogens is 1. The lowest BCUT2D eigenvalue weighted by molar-refractivity contribution is 0.219. The second-order valence-electron chi connectivity index (χ2n) is 4.44. The fourth-order valence-electron chi connectivity index (χ4n) is 1.44. The summed E-state index contributed by atoms with van der Waals surface area (Å²) in [5.74, 6) is 0.587. The first kappa shape index (κ1) is 14.3. The highest BCUT2D eigenvalue weighted by Gasteiger charge is 2.10. The molecule has 106 valence electrons. The van der Waals surface area contributed by atoms with Crippen molar-refractivity contribution in [1.82, 2.24) is 15.0 Å². The second-order valence-corrected chi connectivity index (χ2v) is 4.87. The van der Waals surface area contributed by atoms with E-state index < -0.39 is 0 Å². The molecule has 0 saturated carbocycles. The van der Waals surface area contributed by atoms with Gasteiger partial charge in [-0.25, -0.2) is 0 Å². The van der Waals surface area contributed by atoms with Crippen LogP contribution in [0.1, 0.15) is 19.4 Å². The molecular weight excluding hydrogens is 280 g/mol. The van der Waals surface area contributed by atoms with Crippen LogP contribution in [0.4, 0.5) is 5.95 Å². The van der Waals surface area contributed by atoms with E-state index in [9.17, 15) is 0 Å². The highest BCUT2D eigenvalue weighted by molar-refractivity contribution is 6.30. The van der Waals surface area contributed by atoms with Gasteiger partial charge in [-0.1, -0.05) is 17.7 Å². The van der Waals surface area contributed by atoms with Crippen LogP contribution in [0.3, 0.4) is 0 Å². The molecule has 0 amide bonds. The largest absolute Gasteiger partial charge is 0.461 e. The summed E-state index contributed by atoms with van der Waals surface area (Å²) in [6.07, 6.45) is -0.0717. The van der Waals surface area contributed by atoms with Gasteiger partial charge in [0.05, 0.1) is 6.10 Å². The van der Waals surface area contributed by atoms with Crippen LogP contribution in [0.5, 0.6) is 17.8 Å². The molecule has 1 aromatic carbocycles. The van der Waals surface area contributed by atoms with Crippen molar-refractivity contribution in [2.45, 2.75) is 26.9 Å². The summed E-state index contributed by atoms with van der Waals surface area (Å²) < 4.78 is 11.0. The predicted octanol–water partition coefficient (Wildman–Crippen LogP) is 3.00. The minimum atomic E-state index is -0.0717. The number of nitrogens with two attached hydrogens (primary N) is 1. The molecule has 0 fully saturated rings. The van der Waals surface area contributed by atoms with Crippen molar-refractivity contribution in [3.8, 4) is 17.8 Å². The van der Waals surface area contributed by atoms with E-state index in [0.29, 0.717) is 10.8 Å². The lowest BCUT2D eigenvalue weighted by Crippen LogP contribution is -2.11. The number of aryl methyl sites for hydroxylation is 1. The molecule has 0 aliphatic carbocycles. The maximum atomic E-state index is 5.93. The topological polar surface area (TPSA) is 83.2 Å². The smallest absolute Gasteiger partial charge is 0.330 e. The molecule has 0 aliphatic heterocycles. The number of benzene rings is 1. The lowest BCUT2D eigenvalue weighted by atomic mass is 10.2. The number of hydrogen-bond donors (Lipinski definition) is 1. The maximum absolute atomic E-state index is 5.93. The first-order valence-corrected chi connectivity index (χ1v) is 6.44. The van der Waals surface area contributed by atoms with Crippen LogP contribution < -0.4 is 15.2 Å². The van der Waals surface area contributed by atoms with E-state index in [1.165, 1.54) is 0 Å². The number of aromatic nitrogens is 3. The number of anilines is 1. The number of nitrogens with zero attached hydrogens (tertiary/aromatic N) is 3. The average Bonchev–Trinajstić information content (AvgIpc) is 2.32. The van der Waals surface area contributed by atoms with Gasteiger partial charge in [-0.05, 0) is 38.5 Å². The third kappa shape index (κ3) is 3.71. The summed E-state index contributed by atoms with van der Waals surface area (Å²) in [6, 6.07) is 5.49. The first-order chi connectivity index (χ1) is 9.44. The van der Waals surface area contributed by atoms with Gasteiger partial charge in [0.15, 0.2) is 0 Å². The van der Waals surface area contributed by atoms with Crippen molar-refractivity contribution in [1.29, 1.82) is 0 Å². The molecule has 1 heterocycles. The Morgan fingerprint density at radius 3 is 2.55 bits per heavy atom. The third-order valence-corrected chi connectivity index (χ3v) is 2.54. The van der Waals surface area contributed by atoms with E-state index in [-0.39, 0.29) is 24.1 Å². The van der Waals surface area contributed by atoms with Crippen LogP contribution in [0, 0.1) is 6.92 Å². The highest BCUT2D eigenvalue weighted by Crippen LogP contribution is 2.26. The average molecular weight is 295 g/mol. The number of ether oxygens (including phenoxy) is 2. The van der Waals surface area contributed by atoms with E-state index in [1.54, 1.807) is 12.1 Å². The molecule has 7 heteroatoms. The van der Waals surface area contributed by atoms with E-state index in [2.05, 4.69) is 15.0 Å². The molecule has 2 rings (SSSR count). The Bertz CT molecular complexity index is 619. The highest BCUT2D eigenvalue weighted by atomic mass is 35.5. The zero-order valence-corrected chi connectivity index (χ0v) is 12.2. The Labute approximate surface area is 121 Å². The molecule has 6 nitrogen and oxygen atoms in total. The number of rotatable bonds is 4. The van der Waals surface area contributed by atoms with Gasteiger partial charge < -0.3 is 15.2 Å². The second kappa shape index (κ2) is 5.92. The minimum Gasteiger partial charge on any atom is -0.461 e. The van der Waals surface area contributed by atoms with Crippen LogP contribution in [0.2, 0.25) is 5.02 Å². The Morgan fingerprint density at radius 2 is 1.85 bits per heavy atom. The molecule has 2 aromatic rings. The number of nitrogen functional groups attached to an aromatic ring is 1. The standard InChI is InChI=1S/C13H15ClN4O2/c1-7(2)19-12-16-11(15)17-13(18-12)20-10-6-9(14)5-4-8(10)3/h4-7H,1-3H3,(H2,15,16,17,18). The summed E-state index contributed by atoms with van der Waals surface area (Å²) >= 11 is 5.93. The number of hydrogen-bond acceptors (Lipinski definition) is 6. The maximum Gasteiger partial charge on any atom is 0.330 e. The normalized spacial score (nSPS) is 10.7. The monoisotopic (exact) mass is 294 g/mol. The van der Waals surface area contributed by atoms with Crippen molar-refractivity contribution in [2.75, 3.05) is 5.73 Å². The van der Waals surface area contributed by atoms with Gasteiger partial charge in [0.1, 0.15) is 5.75 Å². The molecular formula is C13H15ClN4O2. The van der Waals surface area contributed by atoms with E-state index >= 15 is 0 Å². The van der Waals surface area contributed by atoms with E-state index in [0.717, 1.165) is 5.56 Å². The summed E-state index contributed by atoms with van der Waals surface area (Å²) in [7, 11) is 0. The fourth-order valence-corrected chi connectivity index (χ4v) is 1.61. The summed E-state index contributed by atoms with van der Waals surface area (Å²) in [4.78, 5) is 11.9. The van der Waals surface area contributed by atoms with Gasteiger partial charge in [-0.2, -0.15) is 9.97 Å². The van der Waals surface area contributed by atoms with Crippen molar-refractivity contribution in [3.05, 3.63) is 28.8 Å². The van der Waals surface area contributed by atoms with Gasteiger partial charge in [0.25, 0.3) is 0 Å². The van der Waals surface area contributed by atoms with Crippen LogP contribution >= 0.6 is 11.6 Å². The van der Waals surface area contributed by atoms with Gasteiger partial charge in [0.2, 0.25) is 5.95 Å². The van der Waals surface area contributed by atoms with Crippen LogP contribution in [0.15, 0.2) is 18.2 Å². The van der Waals surface area contributed by atoms with Crippen molar-refractivity contribution in [3.63, 3.8) is 0 Å². The van der Waals surface area contributed by atoms with Gasteiger partial charge in [-0.3, -0.25) is 0 Å². The Morgan fingerprint density at radius 1 is 1.15 bits per heavy atom. The van der Waals surface area contributed by atoms with Crippen molar-refractivity contribution in [2.24, 2.45) is 0 Å². The molecule has 0 saturated heterocycles. The molecule has 1 aromatic heterocycles.